The van der Waals surface area contributed by atoms with Crippen molar-refractivity contribution in [2.45, 2.75) is 12.8 Å². The smallest absolute Gasteiger partial charge is 0.266 e. The Morgan fingerprint density at radius 2 is 2.58 bits per heavy atom. The van der Waals surface area contributed by atoms with E-state index in [0.29, 0.717) is 31.2 Å². The third-order valence-electron chi connectivity index (χ3n) is 1.62. The molecule has 0 atom stereocenters. The van der Waals surface area contributed by atoms with E-state index in [1.165, 1.54) is 4.90 Å². The minimum absolute atomic E-state index is 0.0254. The summed E-state index contributed by atoms with van der Waals surface area (Å²) in [7, 11) is 0. The summed E-state index contributed by atoms with van der Waals surface area (Å²) in [6, 6.07) is 0. The molecule has 4 heteroatoms. The molecule has 0 N–H and O–H groups in total. The molecule has 0 aromatic rings. The normalized spacial score (nSPS) is 16.0. The van der Waals surface area contributed by atoms with Crippen molar-refractivity contribution in [1.29, 1.82) is 0 Å². The van der Waals surface area contributed by atoms with Gasteiger partial charge < -0.3 is 4.74 Å². The Labute approximate surface area is 77.0 Å². The van der Waals surface area contributed by atoms with E-state index in [1.54, 1.807) is 6.08 Å². The number of allylic oxidation sites excluding steroid dienone is 1. The highest BCUT2D eigenvalue weighted by molar-refractivity contribution is 7.80. The average Bonchev–Trinajstić information content (AvgIpc) is 2.47. The fourth-order valence-corrected chi connectivity index (χ4v) is 1.26. The highest BCUT2D eigenvalue weighted by atomic mass is 32.1. The molecule has 1 rings (SSSR count). The number of nitrogens with zero attached hydrogens (tertiary/aromatic N) is 1. The van der Waals surface area contributed by atoms with E-state index in [1.807, 2.05) is 0 Å². The van der Waals surface area contributed by atoms with Gasteiger partial charge in [-0.25, -0.2) is 0 Å². The average molecular weight is 185 g/mol. The zero-order chi connectivity index (χ0) is 8.97. The molecule has 3 nitrogen and oxygen atoms in total. The SMILES string of the molecule is C=CCCC(=O)N1CCOC1=S. The summed E-state index contributed by atoms with van der Waals surface area (Å²) in [4.78, 5) is 12.8. The van der Waals surface area contributed by atoms with Crippen molar-refractivity contribution in [1.82, 2.24) is 4.90 Å². The van der Waals surface area contributed by atoms with Crippen LogP contribution in [-0.4, -0.2) is 29.1 Å². The molecule has 0 radical (unpaired) electrons. The summed E-state index contributed by atoms with van der Waals surface area (Å²) < 4.78 is 4.98. The van der Waals surface area contributed by atoms with Crippen molar-refractivity contribution in [3.05, 3.63) is 12.7 Å². The van der Waals surface area contributed by atoms with Gasteiger partial charge in [-0.05, 0) is 18.6 Å². The van der Waals surface area contributed by atoms with Crippen LogP contribution in [0.5, 0.6) is 0 Å². The molecular formula is C8H11NO2S. The van der Waals surface area contributed by atoms with E-state index in [4.69, 9.17) is 17.0 Å². The third-order valence-corrected chi connectivity index (χ3v) is 1.96. The molecule has 12 heavy (non-hydrogen) atoms. The minimum Gasteiger partial charge on any atom is -0.469 e. The van der Waals surface area contributed by atoms with Gasteiger partial charge in [0.05, 0.1) is 6.54 Å². The molecule has 0 spiro atoms. The van der Waals surface area contributed by atoms with Gasteiger partial charge in [-0.1, -0.05) is 6.08 Å². The van der Waals surface area contributed by atoms with Crippen LogP contribution in [-0.2, 0) is 9.53 Å². The number of thiocarbonyl (C=S) groups is 1. The summed E-state index contributed by atoms with van der Waals surface area (Å²) in [5.41, 5.74) is 0. The van der Waals surface area contributed by atoms with Crippen molar-refractivity contribution >= 4 is 23.3 Å². The van der Waals surface area contributed by atoms with Gasteiger partial charge in [-0.2, -0.15) is 0 Å². The van der Waals surface area contributed by atoms with Crippen molar-refractivity contribution < 1.29 is 9.53 Å². The Hall–Kier alpha value is -0.900. The first-order valence-corrected chi connectivity index (χ1v) is 4.24. The Kier molecular flexibility index (Phi) is 3.22. The van der Waals surface area contributed by atoms with Crippen LogP contribution in [0.2, 0.25) is 0 Å². The molecule has 1 aliphatic rings. The van der Waals surface area contributed by atoms with Crippen LogP contribution in [0.3, 0.4) is 0 Å². The molecule has 1 fully saturated rings. The maximum atomic E-state index is 11.3. The molecule has 66 valence electrons. The topological polar surface area (TPSA) is 29.5 Å². The van der Waals surface area contributed by atoms with Crippen molar-refractivity contribution in [2.75, 3.05) is 13.2 Å². The van der Waals surface area contributed by atoms with E-state index in [2.05, 4.69) is 6.58 Å². The molecule has 0 saturated carbocycles. The number of rotatable bonds is 3. The summed E-state index contributed by atoms with van der Waals surface area (Å²) in [6.07, 6.45) is 2.88. The van der Waals surface area contributed by atoms with E-state index >= 15 is 0 Å². The van der Waals surface area contributed by atoms with Gasteiger partial charge in [-0.15, -0.1) is 6.58 Å². The second-order valence-corrected chi connectivity index (χ2v) is 2.84. The summed E-state index contributed by atoms with van der Waals surface area (Å²) in [6.45, 7) is 4.66. The molecule has 1 saturated heterocycles. The van der Waals surface area contributed by atoms with E-state index in [-0.39, 0.29) is 5.91 Å². The highest BCUT2D eigenvalue weighted by Crippen LogP contribution is 2.07. The van der Waals surface area contributed by atoms with Crippen molar-refractivity contribution in [3.63, 3.8) is 0 Å². The Morgan fingerprint density at radius 3 is 3.08 bits per heavy atom. The fraction of sp³-hybridized carbons (Fsp3) is 0.500. The molecule has 0 aromatic heterocycles. The zero-order valence-corrected chi connectivity index (χ0v) is 7.60. The molecule has 0 bridgehead atoms. The molecule has 1 amide bonds. The number of hydrogen-bond acceptors (Lipinski definition) is 3. The van der Waals surface area contributed by atoms with Gasteiger partial charge in [0.1, 0.15) is 6.61 Å². The van der Waals surface area contributed by atoms with Crippen LogP contribution in [0.4, 0.5) is 0 Å². The Morgan fingerprint density at radius 1 is 1.83 bits per heavy atom. The van der Waals surface area contributed by atoms with Gasteiger partial charge >= 0.3 is 0 Å². The van der Waals surface area contributed by atoms with Gasteiger partial charge in [-0.3, -0.25) is 9.69 Å². The van der Waals surface area contributed by atoms with Gasteiger partial charge in [0.15, 0.2) is 0 Å². The van der Waals surface area contributed by atoms with Crippen LogP contribution in [0.25, 0.3) is 0 Å². The zero-order valence-electron chi connectivity index (χ0n) is 6.78. The lowest BCUT2D eigenvalue weighted by Gasteiger charge is -2.11. The maximum absolute atomic E-state index is 11.3. The second-order valence-electron chi connectivity index (χ2n) is 2.49. The molecule has 0 unspecified atom stereocenters. The standard InChI is InChI=1S/C8H11NO2S/c1-2-3-4-7(10)9-5-6-11-8(9)12/h2H,1,3-6H2. The van der Waals surface area contributed by atoms with Crippen LogP contribution in [0, 0.1) is 0 Å². The fourth-order valence-electron chi connectivity index (χ4n) is 0.980. The van der Waals surface area contributed by atoms with Crippen molar-refractivity contribution in [2.24, 2.45) is 0 Å². The molecule has 1 heterocycles. The number of carbonyl (C=O) groups is 1. The molecule has 1 aliphatic heterocycles. The molecule has 0 aliphatic carbocycles. The minimum atomic E-state index is 0.0254. The van der Waals surface area contributed by atoms with Crippen LogP contribution >= 0.6 is 12.2 Å². The van der Waals surface area contributed by atoms with Crippen LogP contribution < -0.4 is 0 Å². The van der Waals surface area contributed by atoms with Gasteiger partial charge in [0.25, 0.3) is 5.17 Å². The van der Waals surface area contributed by atoms with Gasteiger partial charge in [0, 0.05) is 6.42 Å². The third kappa shape index (κ3) is 2.04. The predicted octanol–water partition coefficient (Wildman–Crippen LogP) is 1.10. The first-order chi connectivity index (χ1) is 5.75. The number of amides is 1. The number of hydrogen-bond donors (Lipinski definition) is 0. The molecule has 0 aromatic carbocycles. The summed E-state index contributed by atoms with van der Waals surface area (Å²) in [5, 5.41) is 0.309. The summed E-state index contributed by atoms with van der Waals surface area (Å²) >= 11 is 4.82. The van der Waals surface area contributed by atoms with Crippen LogP contribution in [0.15, 0.2) is 12.7 Å². The lowest BCUT2D eigenvalue weighted by atomic mass is 10.3. The van der Waals surface area contributed by atoms with E-state index in [0.717, 1.165) is 0 Å². The Balaban J connectivity index is 2.40. The lowest BCUT2D eigenvalue weighted by molar-refractivity contribution is -0.126. The van der Waals surface area contributed by atoms with Crippen LogP contribution in [0.1, 0.15) is 12.8 Å². The lowest BCUT2D eigenvalue weighted by Crippen LogP contribution is -2.31. The monoisotopic (exact) mass is 185 g/mol. The number of carbonyl (C=O) groups excluding carboxylic acids is 1. The number of ether oxygens (including phenoxy) is 1. The largest absolute Gasteiger partial charge is 0.469 e. The predicted molar refractivity (Wildman–Crippen MR) is 49.7 cm³/mol. The quantitative estimate of drug-likeness (QED) is 0.487. The first kappa shape index (κ1) is 9.19. The summed E-state index contributed by atoms with van der Waals surface area (Å²) in [5.74, 6) is 0.0254. The highest BCUT2D eigenvalue weighted by Gasteiger charge is 2.23. The second kappa shape index (κ2) is 4.21. The van der Waals surface area contributed by atoms with E-state index in [9.17, 15) is 4.79 Å². The van der Waals surface area contributed by atoms with Crippen molar-refractivity contribution in [3.8, 4) is 0 Å². The van der Waals surface area contributed by atoms with Gasteiger partial charge in [0.2, 0.25) is 5.91 Å². The Bertz CT molecular complexity index is 215. The first-order valence-electron chi connectivity index (χ1n) is 3.83. The molecular weight excluding hydrogens is 174 g/mol. The van der Waals surface area contributed by atoms with E-state index < -0.39 is 0 Å². The maximum Gasteiger partial charge on any atom is 0.266 e.